The molecule has 0 aliphatic carbocycles. The van der Waals surface area contributed by atoms with E-state index in [1.807, 2.05) is 49.6 Å². The second-order valence-corrected chi connectivity index (χ2v) is 8.50. The topological polar surface area (TPSA) is 69.0 Å². The van der Waals surface area contributed by atoms with Gasteiger partial charge in [0.05, 0.1) is 24.1 Å². The van der Waals surface area contributed by atoms with Crippen molar-refractivity contribution in [3.05, 3.63) is 64.7 Å². The number of hydrogen-bond donors (Lipinski definition) is 1. The third-order valence-corrected chi connectivity index (χ3v) is 5.74. The van der Waals surface area contributed by atoms with Crippen molar-refractivity contribution in [2.24, 2.45) is 0 Å². The van der Waals surface area contributed by atoms with Gasteiger partial charge in [0.25, 0.3) is 0 Å². The van der Waals surface area contributed by atoms with Gasteiger partial charge in [0.1, 0.15) is 17.4 Å². The van der Waals surface area contributed by atoms with Crippen LogP contribution in [0.2, 0.25) is 5.02 Å². The number of carbonyl (C=O) groups is 1. The average Bonchev–Trinajstić information content (AvgIpc) is 3.06. The summed E-state index contributed by atoms with van der Waals surface area (Å²) in [7, 11) is 1.60. The van der Waals surface area contributed by atoms with Crippen LogP contribution in [-0.2, 0) is 10.3 Å². The summed E-state index contributed by atoms with van der Waals surface area (Å²) in [5, 5.41) is 12.1. The van der Waals surface area contributed by atoms with E-state index in [9.17, 15) is 9.18 Å². The second kappa shape index (κ2) is 9.06. The summed E-state index contributed by atoms with van der Waals surface area (Å²) in [6.07, 6.45) is 0. The molecule has 0 fully saturated rings. The minimum absolute atomic E-state index is 0.129. The predicted molar refractivity (Wildman–Crippen MR) is 116 cm³/mol. The van der Waals surface area contributed by atoms with Gasteiger partial charge >= 0.3 is 0 Å². The van der Waals surface area contributed by atoms with Gasteiger partial charge in [-0.15, -0.1) is 10.2 Å². The van der Waals surface area contributed by atoms with Crippen LogP contribution in [-0.4, -0.2) is 33.5 Å². The first kappa shape index (κ1) is 22.1. The van der Waals surface area contributed by atoms with E-state index in [4.69, 9.17) is 16.3 Å². The van der Waals surface area contributed by atoms with Gasteiger partial charge in [-0.05, 0) is 50.6 Å². The van der Waals surface area contributed by atoms with Gasteiger partial charge in [0, 0.05) is 11.1 Å². The molecule has 30 heavy (non-hydrogen) atoms. The Morgan fingerprint density at radius 2 is 2.03 bits per heavy atom. The molecule has 158 valence electrons. The number of rotatable bonds is 7. The number of amides is 1. The molecule has 1 aromatic heterocycles. The highest BCUT2D eigenvalue weighted by Crippen LogP contribution is 2.29. The summed E-state index contributed by atoms with van der Waals surface area (Å²) in [6.45, 7) is 5.48. The second-order valence-electron chi connectivity index (χ2n) is 7.15. The number of benzene rings is 2. The molecule has 1 heterocycles. The molecule has 0 unspecified atom stereocenters. The summed E-state index contributed by atoms with van der Waals surface area (Å²) in [5.74, 6) is 0.915. The summed E-state index contributed by atoms with van der Waals surface area (Å²) in [6, 6.07) is 11.7. The van der Waals surface area contributed by atoms with Crippen molar-refractivity contribution in [1.29, 1.82) is 0 Å². The van der Waals surface area contributed by atoms with Crippen LogP contribution in [0, 0.1) is 12.7 Å². The summed E-state index contributed by atoms with van der Waals surface area (Å²) >= 11 is 7.43. The van der Waals surface area contributed by atoms with Gasteiger partial charge in [-0.25, -0.2) is 4.39 Å². The molecule has 0 saturated heterocycles. The Morgan fingerprint density at radius 3 is 2.73 bits per heavy atom. The van der Waals surface area contributed by atoms with Crippen LogP contribution >= 0.6 is 23.4 Å². The SMILES string of the molecule is COc1cccc(-n2c(C)nnc2SCC(=O)NC(C)(C)c2ccc(F)cc2Cl)c1. The maximum atomic E-state index is 13.3. The Morgan fingerprint density at radius 1 is 1.27 bits per heavy atom. The number of carbonyl (C=O) groups excluding carboxylic acids is 1. The van der Waals surface area contributed by atoms with Crippen molar-refractivity contribution in [1.82, 2.24) is 20.1 Å². The minimum Gasteiger partial charge on any atom is -0.497 e. The molecular formula is C21H22ClFN4O2S. The van der Waals surface area contributed by atoms with Gasteiger partial charge in [0.2, 0.25) is 5.91 Å². The molecule has 0 bridgehead atoms. The predicted octanol–water partition coefficient (Wildman–Crippen LogP) is 4.52. The van der Waals surface area contributed by atoms with Gasteiger partial charge in [-0.3, -0.25) is 9.36 Å². The average molecular weight is 449 g/mol. The van der Waals surface area contributed by atoms with Gasteiger partial charge in [0.15, 0.2) is 5.16 Å². The normalized spacial score (nSPS) is 11.4. The van der Waals surface area contributed by atoms with Crippen molar-refractivity contribution in [2.45, 2.75) is 31.5 Å². The molecule has 6 nitrogen and oxygen atoms in total. The van der Waals surface area contributed by atoms with Crippen LogP contribution in [0.3, 0.4) is 0 Å². The van der Waals surface area contributed by atoms with E-state index in [2.05, 4.69) is 15.5 Å². The molecule has 0 aliphatic heterocycles. The molecule has 2 aromatic carbocycles. The summed E-state index contributed by atoms with van der Waals surface area (Å²) in [5.41, 5.74) is 0.719. The molecule has 3 rings (SSSR count). The van der Waals surface area contributed by atoms with Crippen LogP contribution in [0.15, 0.2) is 47.6 Å². The highest BCUT2D eigenvalue weighted by Gasteiger charge is 2.26. The minimum atomic E-state index is -0.765. The first-order chi connectivity index (χ1) is 14.2. The fourth-order valence-corrected chi connectivity index (χ4v) is 4.26. The fourth-order valence-electron chi connectivity index (χ4n) is 3.06. The van der Waals surface area contributed by atoms with Gasteiger partial charge in [-0.2, -0.15) is 0 Å². The van der Waals surface area contributed by atoms with Crippen LogP contribution in [0.4, 0.5) is 4.39 Å². The van der Waals surface area contributed by atoms with E-state index in [1.54, 1.807) is 13.2 Å². The van der Waals surface area contributed by atoms with Crippen LogP contribution < -0.4 is 10.1 Å². The van der Waals surface area contributed by atoms with Gasteiger partial charge < -0.3 is 10.1 Å². The lowest BCUT2D eigenvalue weighted by Crippen LogP contribution is -2.42. The van der Waals surface area contributed by atoms with E-state index in [0.717, 1.165) is 5.69 Å². The molecule has 3 aromatic rings. The number of ether oxygens (including phenoxy) is 1. The van der Waals surface area contributed by atoms with Crippen molar-refractivity contribution < 1.29 is 13.9 Å². The number of hydrogen-bond acceptors (Lipinski definition) is 5. The maximum absolute atomic E-state index is 13.3. The Kier molecular flexibility index (Phi) is 6.67. The molecule has 9 heteroatoms. The van der Waals surface area contributed by atoms with Crippen molar-refractivity contribution >= 4 is 29.3 Å². The number of halogens is 2. The van der Waals surface area contributed by atoms with Crippen molar-refractivity contribution in [2.75, 3.05) is 12.9 Å². The van der Waals surface area contributed by atoms with E-state index in [0.29, 0.717) is 22.3 Å². The zero-order chi connectivity index (χ0) is 21.9. The van der Waals surface area contributed by atoms with E-state index < -0.39 is 11.4 Å². The van der Waals surface area contributed by atoms with Crippen LogP contribution in [0.5, 0.6) is 5.75 Å². The van der Waals surface area contributed by atoms with E-state index >= 15 is 0 Å². The van der Waals surface area contributed by atoms with E-state index in [-0.39, 0.29) is 16.7 Å². The number of nitrogens with one attached hydrogen (secondary N) is 1. The maximum Gasteiger partial charge on any atom is 0.231 e. The van der Waals surface area contributed by atoms with Crippen molar-refractivity contribution in [3.63, 3.8) is 0 Å². The molecule has 1 amide bonds. The van der Waals surface area contributed by atoms with E-state index in [1.165, 1.54) is 23.9 Å². The van der Waals surface area contributed by atoms with Crippen molar-refractivity contribution in [3.8, 4) is 11.4 Å². The van der Waals surface area contributed by atoms with Crippen LogP contribution in [0.1, 0.15) is 25.2 Å². The monoisotopic (exact) mass is 448 g/mol. The highest BCUT2D eigenvalue weighted by molar-refractivity contribution is 7.99. The highest BCUT2D eigenvalue weighted by atomic mass is 35.5. The fraction of sp³-hybridized carbons (Fsp3) is 0.286. The molecule has 0 saturated carbocycles. The molecular weight excluding hydrogens is 427 g/mol. The number of aromatic nitrogens is 3. The third kappa shape index (κ3) is 4.94. The lowest BCUT2D eigenvalue weighted by Gasteiger charge is -2.28. The third-order valence-electron chi connectivity index (χ3n) is 4.50. The molecule has 0 radical (unpaired) electrons. The van der Waals surface area contributed by atoms with Gasteiger partial charge in [-0.1, -0.05) is 35.5 Å². The van der Waals surface area contributed by atoms with Crippen LogP contribution in [0.25, 0.3) is 5.69 Å². The Hall–Kier alpha value is -2.58. The first-order valence-corrected chi connectivity index (χ1v) is 10.5. The Balaban J connectivity index is 1.72. The Labute approximate surface area is 183 Å². The number of thioether (sulfide) groups is 1. The standard InChI is InChI=1S/C21H22ClFN4O2S/c1-13-25-26-20(27(13)15-6-5-7-16(11-15)29-4)30-12-19(28)24-21(2,3)17-9-8-14(23)10-18(17)22/h5-11H,12H2,1-4H3,(H,24,28). The molecule has 0 aliphatic rings. The molecule has 0 atom stereocenters. The summed E-state index contributed by atoms with van der Waals surface area (Å²) in [4.78, 5) is 12.6. The zero-order valence-corrected chi connectivity index (χ0v) is 18.6. The lowest BCUT2D eigenvalue weighted by atomic mass is 9.94. The molecule has 0 spiro atoms. The largest absolute Gasteiger partial charge is 0.497 e. The molecule has 1 N–H and O–H groups in total. The number of methoxy groups -OCH3 is 1. The lowest BCUT2D eigenvalue weighted by molar-refractivity contribution is -0.120. The number of aryl methyl sites for hydroxylation is 1. The summed E-state index contributed by atoms with van der Waals surface area (Å²) < 4.78 is 20.5. The number of nitrogens with zero attached hydrogens (tertiary/aromatic N) is 3. The quantitative estimate of drug-likeness (QED) is 0.538. The zero-order valence-electron chi connectivity index (χ0n) is 17.1. The smallest absolute Gasteiger partial charge is 0.231 e. The Bertz CT molecular complexity index is 1070. The first-order valence-electron chi connectivity index (χ1n) is 9.17.